The van der Waals surface area contributed by atoms with Gasteiger partial charge in [0.2, 0.25) is 0 Å². The van der Waals surface area contributed by atoms with E-state index in [1.807, 2.05) is 0 Å². The Labute approximate surface area is 262 Å². The molecular formula is C43H40O. The van der Waals surface area contributed by atoms with Crippen LogP contribution in [0.3, 0.4) is 0 Å². The van der Waals surface area contributed by atoms with Crippen molar-refractivity contribution in [2.24, 2.45) is 5.92 Å². The number of rotatable bonds is 5. The number of ether oxygens (including phenoxy) is 1. The van der Waals surface area contributed by atoms with Gasteiger partial charge in [-0.3, -0.25) is 0 Å². The van der Waals surface area contributed by atoms with Crippen molar-refractivity contribution < 1.29 is 4.74 Å². The Morgan fingerprint density at radius 2 is 0.932 bits per heavy atom. The van der Waals surface area contributed by atoms with Crippen LogP contribution in [0, 0.1) is 40.5 Å². The van der Waals surface area contributed by atoms with Crippen molar-refractivity contribution >= 4 is 0 Å². The summed E-state index contributed by atoms with van der Waals surface area (Å²) in [6.45, 7) is 11.4. The first kappa shape index (κ1) is 28.2. The lowest BCUT2D eigenvalue weighted by Crippen LogP contribution is -2.61. The average molecular weight is 573 g/mol. The Balaban J connectivity index is 1.79. The second-order valence-electron chi connectivity index (χ2n) is 12.6. The van der Waals surface area contributed by atoms with E-state index in [4.69, 9.17) is 4.74 Å². The van der Waals surface area contributed by atoms with Gasteiger partial charge >= 0.3 is 0 Å². The van der Waals surface area contributed by atoms with E-state index in [0.29, 0.717) is 0 Å². The Morgan fingerprint density at radius 3 is 1.43 bits per heavy atom. The molecule has 7 rings (SSSR count). The Morgan fingerprint density at radius 1 is 0.500 bits per heavy atom. The molecule has 1 aliphatic heterocycles. The number of hydrogen-bond donors (Lipinski definition) is 0. The number of fused-ring (bicyclic) bond motifs is 1. The molecule has 218 valence electrons. The van der Waals surface area contributed by atoms with Crippen LogP contribution in [-0.2, 0) is 15.8 Å². The topological polar surface area (TPSA) is 9.23 Å². The maximum Gasteiger partial charge on any atom is 0.173 e. The molecular weight excluding hydrogens is 532 g/mol. The van der Waals surface area contributed by atoms with Crippen molar-refractivity contribution in [3.8, 4) is 0 Å². The van der Waals surface area contributed by atoms with Crippen LogP contribution in [-0.4, -0.2) is 0 Å². The zero-order chi connectivity index (χ0) is 30.5. The van der Waals surface area contributed by atoms with E-state index >= 15 is 0 Å². The summed E-state index contributed by atoms with van der Waals surface area (Å²) in [5, 5.41) is 0. The van der Waals surface area contributed by atoms with Gasteiger partial charge in [-0.1, -0.05) is 133 Å². The highest BCUT2D eigenvalue weighted by atomic mass is 16.5. The van der Waals surface area contributed by atoms with Gasteiger partial charge in [0.1, 0.15) is 5.76 Å². The zero-order valence-corrected chi connectivity index (χ0v) is 26.3. The normalized spacial score (nSPS) is 21.8. The molecule has 1 aliphatic carbocycles. The van der Waals surface area contributed by atoms with Crippen LogP contribution in [0.5, 0.6) is 0 Å². The molecule has 0 radical (unpaired) electrons. The second-order valence-corrected chi connectivity index (χ2v) is 12.6. The van der Waals surface area contributed by atoms with E-state index in [9.17, 15) is 0 Å². The maximum atomic E-state index is 7.86. The molecule has 0 amide bonds. The first-order chi connectivity index (χ1) is 21.4. The van der Waals surface area contributed by atoms with E-state index in [0.717, 1.165) is 11.3 Å². The summed E-state index contributed by atoms with van der Waals surface area (Å²) in [6.07, 6.45) is 6.76. The van der Waals surface area contributed by atoms with Gasteiger partial charge < -0.3 is 4.74 Å². The molecule has 5 aromatic carbocycles. The number of hydrogen-bond acceptors (Lipinski definition) is 1. The monoisotopic (exact) mass is 572 g/mol. The Kier molecular flexibility index (Phi) is 6.93. The maximum absolute atomic E-state index is 7.86. The van der Waals surface area contributed by atoms with Crippen molar-refractivity contribution in [3.05, 3.63) is 201 Å². The van der Waals surface area contributed by atoms with Gasteiger partial charge in [-0.2, -0.15) is 0 Å². The molecule has 1 fully saturated rings. The minimum absolute atomic E-state index is 0.0353. The summed E-state index contributed by atoms with van der Waals surface area (Å²) in [6, 6.07) is 44.5. The molecule has 0 spiro atoms. The van der Waals surface area contributed by atoms with Crippen LogP contribution >= 0.6 is 0 Å². The van der Waals surface area contributed by atoms with Gasteiger partial charge in [-0.25, -0.2) is 0 Å². The van der Waals surface area contributed by atoms with Crippen LogP contribution < -0.4 is 0 Å². The standard InChI is InChI=1S/C43H40O/c1-29-30(2)32(4)40(33(5)31(29)3)43(37-25-16-9-17-26-37)42(35-21-12-7-13-22-35,36-23-14-8-15-24-36)41(34-19-10-6-11-20-34)38-27-18-28-39(38)44-43/h6-28,38,41H,1-5H3. The number of allylic oxidation sites excluding steroid dienone is 3. The Bertz CT molecular complexity index is 1800. The predicted octanol–water partition coefficient (Wildman–Crippen LogP) is 10.3. The van der Waals surface area contributed by atoms with Crippen molar-refractivity contribution in [1.29, 1.82) is 0 Å². The molecule has 3 unspecified atom stereocenters. The summed E-state index contributed by atoms with van der Waals surface area (Å²) in [7, 11) is 0. The lowest BCUT2D eigenvalue weighted by molar-refractivity contribution is -0.0826. The summed E-state index contributed by atoms with van der Waals surface area (Å²) in [5.74, 6) is 1.14. The second kappa shape index (κ2) is 10.8. The summed E-state index contributed by atoms with van der Waals surface area (Å²) in [5.41, 5.74) is 11.3. The molecule has 1 nitrogen and oxygen atoms in total. The van der Waals surface area contributed by atoms with E-state index in [-0.39, 0.29) is 11.8 Å². The fourth-order valence-corrected chi connectivity index (χ4v) is 8.43. The zero-order valence-electron chi connectivity index (χ0n) is 26.3. The SMILES string of the molecule is Cc1c(C)c(C)c(C2(c3ccccc3)OC3=CC=CC3C(c3ccccc3)C2(c2ccccc2)c2ccccc2)c(C)c1C. The Hall–Kier alpha value is -4.62. The first-order valence-electron chi connectivity index (χ1n) is 15.8. The molecule has 0 N–H and O–H groups in total. The third-order valence-corrected chi connectivity index (χ3v) is 10.7. The average Bonchev–Trinajstić information content (AvgIpc) is 3.55. The molecule has 0 bridgehead atoms. The molecule has 44 heavy (non-hydrogen) atoms. The van der Waals surface area contributed by atoms with Crippen molar-refractivity contribution in [3.63, 3.8) is 0 Å². The van der Waals surface area contributed by atoms with Crippen LogP contribution in [0.1, 0.15) is 61.6 Å². The molecule has 1 heterocycles. The van der Waals surface area contributed by atoms with Gasteiger partial charge in [-0.15, -0.1) is 0 Å². The third-order valence-electron chi connectivity index (χ3n) is 10.7. The molecule has 0 saturated carbocycles. The van der Waals surface area contributed by atoms with E-state index in [1.54, 1.807) is 0 Å². The van der Waals surface area contributed by atoms with E-state index in [2.05, 4.69) is 174 Å². The van der Waals surface area contributed by atoms with E-state index < -0.39 is 11.0 Å². The summed E-state index contributed by atoms with van der Waals surface area (Å²) in [4.78, 5) is 0. The minimum atomic E-state index is -0.900. The quantitative estimate of drug-likeness (QED) is 0.204. The van der Waals surface area contributed by atoms with Gasteiger partial charge in [0.25, 0.3) is 0 Å². The lowest BCUT2D eigenvalue weighted by Gasteiger charge is -2.61. The van der Waals surface area contributed by atoms with Gasteiger partial charge in [0, 0.05) is 23.0 Å². The predicted molar refractivity (Wildman–Crippen MR) is 182 cm³/mol. The van der Waals surface area contributed by atoms with Crippen LogP contribution in [0.2, 0.25) is 0 Å². The molecule has 1 saturated heterocycles. The van der Waals surface area contributed by atoms with Crippen molar-refractivity contribution in [1.82, 2.24) is 0 Å². The smallest absolute Gasteiger partial charge is 0.173 e. The molecule has 5 aromatic rings. The highest BCUT2D eigenvalue weighted by molar-refractivity contribution is 5.65. The van der Waals surface area contributed by atoms with Crippen LogP contribution in [0.25, 0.3) is 0 Å². The highest BCUT2D eigenvalue weighted by Gasteiger charge is 2.67. The fraction of sp³-hybridized carbons (Fsp3) is 0.209. The van der Waals surface area contributed by atoms with Crippen molar-refractivity contribution in [2.75, 3.05) is 0 Å². The minimum Gasteiger partial charge on any atom is -0.480 e. The van der Waals surface area contributed by atoms with Crippen LogP contribution in [0.15, 0.2) is 145 Å². The molecule has 3 atom stereocenters. The fourth-order valence-electron chi connectivity index (χ4n) is 8.43. The highest BCUT2D eigenvalue weighted by Crippen LogP contribution is 2.68. The van der Waals surface area contributed by atoms with Crippen molar-refractivity contribution in [2.45, 2.75) is 51.6 Å². The summed E-state index contributed by atoms with van der Waals surface area (Å²) >= 11 is 0. The lowest BCUT2D eigenvalue weighted by atomic mass is 9.47. The van der Waals surface area contributed by atoms with Gasteiger partial charge in [0.15, 0.2) is 5.60 Å². The molecule has 2 aliphatic rings. The first-order valence-corrected chi connectivity index (χ1v) is 15.8. The molecule has 0 aromatic heterocycles. The van der Waals surface area contributed by atoms with E-state index in [1.165, 1.54) is 50.1 Å². The summed E-state index contributed by atoms with van der Waals surface area (Å²) < 4.78 is 7.86. The van der Waals surface area contributed by atoms with Crippen LogP contribution in [0.4, 0.5) is 0 Å². The third kappa shape index (κ3) is 3.85. The number of benzene rings is 5. The largest absolute Gasteiger partial charge is 0.480 e. The molecule has 1 heteroatoms. The van der Waals surface area contributed by atoms with Gasteiger partial charge in [0.05, 0.1) is 5.41 Å². The van der Waals surface area contributed by atoms with Gasteiger partial charge in [-0.05, 0) is 85.2 Å².